The van der Waals surface area contributed by atoms with E-state index in [0.717, 1.165) is 42.5 Å². The molecule has 0 atom stereocenters. The van der Waals surface area contributed by atoms with E-state index in [2.05, 4.69) is 4.57 Å². The number of imidazole rings is 1. The second kappa shape index (κ2) is 8.73. The van der Waals surface area contributed by atoms with Gasteiger partial charge in [-0.05, 0) is 88.9 Å². The zero-order valence-electron chi connectivity index (χ0n) is 19.9. The van der Waals surface area contributed by atoms with Gasteiger partial charge in [0.2, 0.25) is 0 Å². The standard InChI is InChI=1S/C27H30ClN3O3/c1-27(2,3)34-26(33)30-14-12-21(13-15-30)31-23-16-19(24(32)17-6-9-20(28)10-7-17)8-11-22(23)29-25(31)18-4-5-18/h6-11,16,18,21H,4-5,12-15H2,1-3H3. The highest BCUT2D eigenvalue weighted by Crippen LogP contribution is 2.43. The number of rotatable bonds is 4. The average Bonchev–Trinajstić information content (AvgIpc) is 3.58. The van der Waals surface area contributed by atoms with E-state index in [1.807, 2.05) is 39.0 Å². The first kappa shape index (κ1) is 22.9. The van der Waals surface area contributed by atoms with Gasteiger partial charge in [-0.2, -0.15) is 0 Å². The SMILES string of the molecule is CC(C)(C)OC(=O)N1CCC(n2c(C3CC3)nc3ccc(C(=O)c4ccc(Cl)cc4)cc32)CC1. The summed E-state index contributed by atoms with van der Waals surface area (Å²) < 4.78 is 7.90. The molecule has 1 aliphatic heterocycles. The molecule has 0 spiro atoms. The first-order chi connectivity index (χ1) is 16.2. The van der Waals surface area contributed by atoms with Gasteiger partial charge in [0.25, 0.3) is 0 Å². The predicted molar refractivity (Wildman–Crippen MR) is 133 cm³/mol. The van der Waals surface area contributed by atoms with Gasteiger partial charge in [-0.3, -0.25) is 4.79 Å². The highest BCUT2D eigenvalue weighted by atomic mass is 35.5. The minimum absolute atomic E-state index is 0.0287. The lowest BCUT2D eigenvalue weighted by molar-refractivity contribution is 0.0189. The Morgan fingerprint density at radius 1 is 0.971 bits per heavy atom. The minimum atomic E-state index is -0.499. The van der Waals surface area contributed by atoms with Crippen molar-refractivity contribution < 1.29 is 14.3 Å². The molecular formula is C27H30ClN3O3. The second-order valence-electron chi connectivity index (χ2n) is 10.4. The van der Waals surface area contributed by atoms with Gasteiger partial charge in [-0.25, -0.2) is 9.78 Å². The number of likely N-dealkylation sites (tertiary alicyclic amines) is 1. The molecule has 0 bridgehead atoms. The van der Waals surface area contributed by atoms with E-state index in [-0.39, 0.29) is 17.9 Å². The van der Waals surface area contributed by atoms with E-state index < -0.39 is 5.60 Å². The van der Waals surface area contributed by atoms with E-state index in [1.165, 1.54) is 0 Å². The topological polar surface area (TPSA) is 64.4 Å². The first-order valence-corrected chi connectivity index (χ1v) is 12.4. The van der Waals surface area contributed by atoms with Crippen LogP contribution in [0.5, 0.6) is 0 Å². The molecule has 1 amide bonds. The van der Waals surface area contributed by atoms with Crippen LogP contribution in [0.3, 0.4) is 0 Å². The van der Waals surface area contributed by atoms with E-state index in [4.69, 9.17) is 21.3 Å². The summed E-state index contributed by atoms with van der Waals surface area (Å²) in [7, 11) is 0. The molecule has 2 aromatic carbocycles. The third kappa shape index (κ3) is 4.69. The number of aromatic nitrogens is 2. The van der Waals surface area contributed by atoms with Crippen molar-refractivity contribution in [3.63, 3.8) is 0 Å². The Bertz CT molecular complexity index is 1230. The molecule has 5 rings (SSSR count). The van der Waals surface area contributed by atoms with Crippen LogP contribution >= 0.6 is 11.6 Å². The van der Waals surface area contributed by atoms with Crippen LogP contribution in [0.1, 0.15) is 80.2 Å². The molecule has 2 heterocycles. The molecule has 0 radical (unpaired) electrons. The third-order valence-corrected chi connectivity index (χ3v) is 6.76. The number of amides is 1. The van der Waals surface area contributed by atoms with Crippen LogP contribution in [0, 0.1) is 0 Å². The summed E-state index contributed by atoms with van der Waals surface area (Å²) in [4.78, 5) is 32.4. The van der Waals surface area contributed by atoms with Crippen LogP contribution in [0.15, 0.2) is 42.5 Å². The number of benzene rings is 2. The zero-order chi connectivity index (χ0) is 24.0. The van der Waals surface area contributed by atoms with Crippen molar-refractivity contribution in [1.29, 1.82) is 0 Å². The molecule has 34 heavy (non-hydrogen) atoms. The monoisotopic (exact) mass is 479 g/mol. The Hall–Kier alpha value is -2.86. The van der Waals surface area contributed by atoms with Gasteiger partial charge < -0.3 is 14.2 Å². The number of fused-ring (bicyclic) bond motifs is 1. The van der Waals surface area contributed by atoms with Crippen LogP contribution in [-0.4, -0.2) is 45.0 Å². The predicted octanol–water partition coefficient (Wildman–Crippen LogP) is 6.37. The lowest BCUT2D eigenvalue weighted by atomic mass is 10.0. The molecule has 2 aliphatic rings. The number of ether oxygens (including phenoxy) is 1. The Balaban J connectivity index is 1.43. The molecule has 7 heteroatoms. The number of halogens is 1. The quantitative estimate of drug-likeness (QED) is 0.408. The summed E-state index contributed by atoms with van der Waals surface area (Å²) in [6.45, 7) is 6.96. The van der Waals surface area contributed by atoms with Crippen molar-refractivity contribution in [2.24, 2.45) is 0 Å². The largest absolute Gasteiger partial charge is 0.444 e. The molecule has 0 N–H and O–H groups in total. The van der Waals surface area contributed by atoms with E-state index in [1.54, 1.807) is 29.2 Å². The normalized spacial score (nSPS) is 17.2. The maximum Gasteiger partial charge on any atom is 0.410 e. The summed E-state index contributed by atoms with van der Waals surface area (Å²) in [6, 6.07) is 13.0. The van der Waals surface area contributed by atoms with E-state index >= 15 is 0 Å². The lowest BCUT2D eigenvalue weighted by Crippen LogP contribution is -2.42. The smallest absolute Gasteiger partial charge is 0.410 e. The fourth-order valence-corrected chi connectivity index (χ4v) is 4.79. The molecule has 1 aliphatic carbocycles. The van der Waals surface area contributed by atoms with Crippen LogP contribution in [0.25, 0.3) is 11.0 Å². The molecule has 0 unspecified atom stereocenters. The third-order valence-electron chi connectivity index (χ3n) is 6.51. The van der Waals surface area contributed by atoms with Gasteiger partial charge in [-0.1, -0.05) is 11.6 Å². The van der Waals surface area contributed by atoms with Crippen LogP contribution < -0.4 is 0 Å². The first-order valence-electron chi connectivity index (χ1n) is 12.0. The maximum absolute atomic E-state index is 13.1. The van der Waals surface area contributed by atoms with Gasteiger partial charge in [0.05, 0.1) is 11.0 Å². The lowest BCUT2D eigenvalue weighted by Gasteiger charge is -2.34. The number of hydrogen-bond donors (Lipinski definition) is 0. The van der Waals surface area contributed by atoms with Gasteiger partial charge >= 0.3 is 6.09 Å². The van der Waals surface area contributed by atoms with Gasteiger partial charge in [0, 0.05) is 41.2 Å². The highest BCUT2D eigenvalue weighted by Gasteiger charge is 2.34. The number of piperidine rings is 1. The fraction of sp³-hybridized carbons (Fsp3) is 0.444. The summed E-state index contributed by atoms with van der Waals surface area (Å²) in [5.41, 5.74) is 2.68. The zero-order valence-corrected chi connectivity index (χ0v) is 20.6. The Labute approximate surface area is 204 Å². The van der Waals surface area contributed by atoms with Crippen molar-refractivity contribution in [2.45, 2.75) is 64.0 Å². The molecule has 1 aromatic heterocycles. The van der Waals surface area contributed by atoms with Crippen LogP contribution in [0.2, 0.25) is 5.02 Å². The van der Waals surface area contributed by atoms with Crippen molar-refractivity contribution in [1.82, 2.24) is 14.5 Å². The highest BCUT2D eigenvalue weighted by molar-refractivity contribution is 6.30. The molecule has 178 valence electrons. The number of ketones is 1. The number of carbonyl (C=O) groups excluding carboxylic acids is 2. The van der Waals surface area contributed by atoms with Crippen molar-refractivity contribution in [3.05, 3.63) is 64.4 Å². The Morgan fingerprint density at radius 2 is 1.62 bits per heavy atom. The van der Waals surface area contributed by atoms with Crippen LogP contribution in [0.4, 0.5) is 4.79 Å². The van der Waals surface area contributed by atoms with Crippen molar-refractivity contribution in [3.8, 4) is 0 Å². The summed E-state index contributed by atoms with van der Waals surface area (Å²) in [6.07, 6.45) is 3.71. The van der Waals surface area contributed by atoms with E-state index in [9.17, 15) is 9.59 Å². The number of hydrogen-bond acceptors (Lipinski definition) is 4. The summed E-state index contributed by atoms with van der Waals surface area (Å²) in [5.74, 6) is 1.56. The van der Waals surface area contributed by atoms with Crippen molar-refractivity contribution in [2.75, 3.05) is 13.1 Å². The number of nitrogens with zero attached hydrogens (tertiary/aromatic N) is 3. The minimum Gasteiger partial charge on any atom is -0.444 e. The average molecular weight is 480 g/mol. The Kier molecular flexibility index (Phi) is 5.88. The summed E-state index contributed by atoms with van der Waals surface area (Å²) >= 11 is 5.99. The number of carbonyl (C=O) groups is 2. The molecule has 1 saturated carbocycles. The molecule has 1 saturated heterocycles. The molecule has 2 fully saturated rings. The summed E-state index contributed by atoms with van der Waals surface area (Å²) in [5, 5.41) is 0.608. The molecular weight excluding hydrogens is 450 g/mol. The van der Waals surface area contributed by atoms with Crippen LogP contribution in [-0.2, 0) is 4.74 Å². The molecule has 3 aromatic rings. The van der Waals surface area contributed by atoms with E-state index in [0.29, 0.717) is 35.2 Å². The maximum atomic E-state index is 13.1. The second-order valence-corrected chi connectivity index (χ2v) is 10.8. The Morgan fingerprint density at radius 3 is 2.24 bits per heavy atom. The van der Waals surface area contributed by atoms with Gasteiger partial charge in [-0.15, -0.1) is 0 Å². The van der Waals surface area contributed by atoms with Crippen molar-refractivity contribution >= 4 is 34.5 Å². The fourth-order valence-electron chi connectivity index (χ4n) is 4.67. The van der Waals surface area contributed by atoms with Gasteiger partial charge in [0.1, 0.15) is 11.4 Å². The van der Waals surface area contributed by atoms with Gasteiger partial charge in [0.15, 0.2) is 5.78 Å². The molecule has 6 nitrogen and oxygen atoms in total.